The molecular formula is C7H15NO. The molecule has 1 atom stereocenters. The Hall–Kier alpha value is -0.370. The highest BCUT2D eigenvalue weighted by molar-refractivity contribution is 5.50. The van der Waals surface area contributed by atoms with Gasteiger partial charge in [0.05, 0.1) is 0 Å². The van der Waals surface area contributed by atoms with Gasteiger partial charge in [0.1, 0.15) is 6.29 Å². The molecule has 9 heavy (non-hydrogen) atoms. The maximum absolute atomic E-state index is 9.96. The van der Waals surface area contributed by atoms with Gasteiger partial charge in [-0.05, 0) is 6.92 Å². The van der Waals surface area contributed by atoms with E-state index >= 15 is 0 Å². The van der Waals surface area contributed by atoms with Crippen LogP contribution in [0.2, 0.25) is 0 Å². The van der Waals surface area contributed by atoms with E-state index in [4.69, 9.17) is 0 Å². The minimum Gasteiger partial charge on any atom is -0.312 e. The van der Waals surface area contributed by atoms with E-state index in [1.54, 1.807) is 0 Å². The van der Waals surface area contributed by atoms with Crippen molar-refractivity contribution in [1.29, 1.82) is 0 Å². The highest BCUT2D eigenvalue weighted by Crippen LogP contribution is 1.88. The van der Waals surface area contributed by atoms with E-state index < -0.39 is 0 Å². The van der Waals surface area contributed by atoms with Crippen molar-refractivity contribution < 1.29 is 4.79 Å². The van der Waals surface area contributed by atoms with E-state index in [1.165, 1.54) is 0 Å². The van der Waals surface area contributed by atoms with E-state index in [1.807, 2.05) is 6.92 Å². The lowest BCUT2D eigenvalue weighted by atomic mass is 10.2. The third-order valence-electron chi connectivity index (χ3n) is 1.07. The number of aldehydes is 1. The van der Waals surface area contributed by atoms with E-state index in [9.17, 15) is 4.79 Å². The van der Waals surface area contributed by atoms with Crippen molar-refractivity contribution in [3.05, 3.63) is 0 Å². The van der Waals surface area contributed by atoms with Gasteiger partial charge in [0, 0.05) is 18.5 Å². The van der Waals surface area contributed by atoms with Crippen molar-refractivity contribution in [3.8, 4) is 0 Å². The van der Waals surface area contributed by atoms with Gasteiger partial charge in [-0.25, -0.2) is 0 Å². The van der Waals surface area contributed by atoms with E-state index in [2.05, 4.69) is 19.2 Å². The molecule has 0 fully saturated rings. The standard InChI is InChI=1S/C7H15NO/c1-6(2)8-7(3)4-5-9/h5-8H,4H2,1-3H3/t7-/m0/s1. The van der Waals surface area contributed by atoms with Gasteiger partial charge in [-0.1, -0.05) is 13.8 Å². The maximum Gasteiger partial charge on any atom is 0.121 e. The Balaban J connectivity index is 3.25. The van der Waals surface area contributed by atoms with Crippen LogP contribution in [-0.2, 0) is 4.79 Å². The molecule has 0 saturated heterocycles. The summed E-state index contributed by atoms with van der Waals surface area (Å²) in [6, 6.07) is 0.794. The summed E-state index contributed by atoms with van der Waals surface area (Å²) in [5.74, 6) is 0. The van der Waals surface area contributed by atoms with E-state index in [0.717, 1.165) is 6.29 Å². The molecule has 0 aromatic rings. The van der Waals surface area contributed by atoms with Crippen LogP contribution in [0.5, 0.6) is 0 Å². The molecule has 0 amide bonds. The highest BCUT2D eigenvalue weighted by atomic mass is 16.1. The lowest BCUT2D eigenvalue weighted by molar-refractivity contribution is -0.108. The van der Waals surface area contributed by atoms with Gasteiger partial charge < -0.3 is 10.1 Å². The second kappa shape index (κ2) is 4.50. The van der Waals surface area contributed by atoms with Gasteiger partial charge in [-0.15, -0.1) is 0 Å². The van der Waals surface area contributed by atoms with E-state index in [0.29, 0.717) is 18.5 Å². The molecule has 0 radical (unpaired) electrons. The Morgan fingerprint density at radius 1 is 1.44 bits per heavy atom. The van der Waals surface area contributed by atoms with Crippen molar-refractivity contribution in [2.75, 3.05) is 0 Å². The number of rotatable bonds is 4. The molecule has 0 spiro atoms. The second-order valence-electron chi connectivity index (χ2n) is 2.62. The molecule has 0 aromatic carbocycles. The fourth-order valence-electron chi connectivity index (χ4n) is 0.781. The van der Waals surface area contributed by atoms with Crippen molar-refractivity contribution in [2.24, 2.45) is 0 Å². The quantitative estimate of drug-likeness (QED) is 0.573. The molecule has 0 aliphatic heterocycles. The van der Waals surface area contributed by atoms with Crippen LogP contribution in [0.3, 0.4) is 0 Å². The van der Waals surface area contributed by atoms with Crippen molar-refractivity contribution in [1.82, 2.24) is 5.32 Å². The van der Waals surface area contributed by atoms with Crippen LogP contribution in [0.15, 0.2) is 0 Å². The topological polar surface area (TPSA) is 29.1 Å². The molecule has 1 N–H and O–H groups in total. The number of hydrogen-bond donors (Lipinski definition) is 1. The molecule has 0 aliphatic carbocycles. The predicted octanol–water partition coefficient (Wildman–Crippen LogP) is 0.962. The zero-order valence-corrected chi connectivity index (χ0v) is 6.35. The largest absolute Gasteiger partial charge is 0.312 e. The molecule has 0 bridgehead atoms. The Kier molecular flexibility index (Phi) is 4.32. The van der Waals surface area contributed by atoms with Crippen LogP contribution in [0.1, 0.15) is 27.2 Å². The fraction of sp³-hybridized carbons (Fsp3) is 0.857. The van der Waals surface area contributed by atoms with Gasteiger partial charge >= 0.3 is 0 Å². The monoisotopic (exact) mass is 129 g/mol. The molecule has 0 aromatic heterocycles. The lowest BCUT2D eigenvalue weighted by Crippen LogP contribution is -2.32. The molecule has 2 nitrogen and oxygen atoms in total. The number of carbonyl (C=O) groups excluding carboxylic acids is 1. The van der Waals surface area contributed by atoms with Crippen LogP contribution in [-0.4, -0.2) is 18.4 Å². The van der Waals surface area contributed by atoms with Gasteiger partial charge in [-0.2, -0.15) is 0 Å². The first-order valence-electron chi connectivity index (χ1n) is 3.36. The summed E-state index contributed by atoms with van der Waals surface area (Å²) in [7, 11) is 0. The van der Waals surface area contributed by atoms with Crippen molar-refractivity contribution in [3.63, 3.8) is 0 Å². The third-order valence-corrected chi connectivity index (χ3v) is 1.07. The maximum atomic E-state index is 9.96. The van der Waals surface area contributed by atoms with Crippen molar-refractivity contribution in [2.45, 2.75) is 39.3 Å². The highest BCUT2D eigenvalue weighted by Gasteiger charge is 2.00. The summed E-state index contributed by atoms with van der Waals surface area (Å²) in [4.78, 5) is 9.96. The Morgan fingerprint density at radius 2 is 2.00 bits per heavy atom. The molecule has 0 aliphatic rings. The zero-order valence-electron chi connectivity index (χ0n) is 6.35. The van der Waals surface area contributed by atoms with Crippen LogP contribution in [0.4, 0.5) is 0 Å². The Bertz CT molecular complexity index is 81.0. The predicted molar refractivity (Wildman–Crippen MR) is 38.4 cm³/mol. The van der Waals surface area contributed by atoms with Crippen LogP contribution >= 0.6 is 0 Å². The molecule has 0 unspecified atom stereocenters. The first-order chi connectivity index (χ1) is 4.16. The number of hydrogen-bond acceptors (Lipinski definition) is 2. The van der Waals surface area contributed by atoms with Gasteiger partial charge in [-0.3, -0.25) is 0 Å². The third kappa shape index (κ3) is 5.50. The SMILES string of the molecule is CC(C)N[C@@H](C)CC=O. The van der Waals surface area contributed by atoms with Crippen molar-refractivity contribution >= 4 is 6.29 Å². The number of nitrogens with one attached hydrogen (secondary N) is 1. The molecule has 0 heterocycles. The Labute approximate surface area is 56.6 Å². The molecule has 54 valence electrons. The molecule has 0 saturated carbocycles. The average Bonchev–Trinajstić information content (AvgIpc) is 1.63. The second-order valence-corrected chi connectivity index (χ2v) is 2.62. The summed E-state index contributed by atoms with van der Waals surface area (Å²) in [6.07, 6.45) is 1.55. The summed E-state index contributed by atoms with van der Waals surface area (Å²) in [6.45, 7) is 6.15. The average molecular weight is 129 g/mol. The van der Waals surface area contributed by atoms with Gasteiger partial charge in [0.15, 0.2) is 0 Å². The van der Waals surface area contributed by atoms with Gasteiger partial charge in [0.25, 0.3) is 0 Å². The lowest BCUT2D eigenvalue weighted by Gasteiger charge is -2.13. The van der Waals surface area contributed by atoms with Crippen LogP contribution in [0.25, 0.3) is 0 Å². The fourth-order valence-corrected chi connectivity index (χ4v) is 0.781. The summed E-state index contributed by atoms with van der Waals surface area (Å²) in [5, 5.41) is 3.21. The first kappa shape index (κ1) is 8.63. The summed E-state index contributed by atoms with van der Waals surface area (Å²) in [5.41, 5.74) is 0. The molecular weight excluding hydrogens is 114 g/mol. The number of carbonyl (C=O) groups is 1. The summed E-state index contributed by atoms with van der Waals surface area (Å²) < 4.78 is 0. The Morgan fingerprint density at radius 3 is 2.33 bits per heavy atom. The minimum absolute atomic E-state index is 0.322. The first-order valence-corrected chi connectivity index (χ1v) is 3.36. The zero-order chi connectivity index (χ0) is 7.28. The van der Waals surface area contributed by atoms with Gasteiger partial charge in [0.2, 0.25) is 0 Å². The summed E-state index contributed by atoms with van der Waals surface area (Å²) >= 11 is 0. The molecule has 0 rings (SSSR count). The van der Waals surface area contributed by atoms with Crippen LogP contribution < -0.4 is 5.32 Å². The smallest absolute Gasteiger partial charge is 0.121 e. The van der Waals surface area contributed by atoms with E-state index in [-0.39, 0.29) is 0 Å². The normalized spacial score (nSPS) is 13.8. The minimum atomic E-state index is 0.322. The van der Waals surface area contributed by atoms with Crippen LogP contribution in [0, 0.1) is 0 Å². The molecule has 2 heteroatoms.